The first-order valence-corrected chi connectivity index (χ1v) is 8.72. The van der Waals surface area contributed by atoms with Crippen molar-refractivity contribution in [1.82, 2.24) is 20.0 Å². The van der Waals surface area contributed by atoms with Gasteiger partial charge in [0, 0.05) is 12.2 Å². The van der Waals surface area contributed by atoms with Crippen molar-refractivity contribution in [3.63, 3.8) is 0 Å². The van der Waals surface area contributed by atoms with Crippen LogP contribution in [0.2, 0.25) is 0 Å². The Hall–Kier alpha value is -2.82. The Bertz CT molecular complexity index is 820. The van der Waals surface area contributed by atoms with Crippen molar-refractivity contribution in [3.05, 3.63) is 35.9 Å². The second kappa shape index (κ2) is 7.20. The molecule has 2 heterocycles. The largest absolute Gasteiger partial charge is 0.307 e. The number of alkyl halides is 1. The van der Waals surface area contributed by atoms with Crippen LogP contribution in [0, 0.1) is 18.3 Å². The number of nitrogens with zero attached hydrogens (tertiary/aromatic N) is 6. The molecule has 136 valence electrons. The van der Waals surface area contributed by atoms with Crippen LogP contribution in [0.25, 0.3) is 0 Å². The Kier molecular flexibility index (Phi) is 4.98. The fourth-order valence-corrected chi connectivity index (χ4v) is 3.45. The van der Waals surface area contributed by atoms with E-state index in [1.54, 1.807) is 40.3 Å². The summed E-state index contributed by atoms with van der Waals surface area (Å²) >= 11 is 0. The summed E-state index contributed by atoms with van der Waals surface area (Å²) in [6.45, 7) is 4.23. The lowest BCUT2D eigenvalue weighted by Crippen LogP contribution is -2.32. The van der Waals surface area contributed by atoms with Crippen molar-refractivity contribution in [2.24, 2.45) is 0 Å². The van der Waals surface area contributed by atoms with Crippen LogP contribution in [0.4, 0.5) is 10.1 Å². The average molecular weight is 356 g/mol. The second-order valence-corrected chi connectivity index (χ2v) is 6.55. The maximum Gasteiger partial charge on any atom is 0.261 e. The van der Waals surface area contributed by atoms with Crippen LogP contribution in [-0.4, -0.2) is 38.1 Å². The molecule has 7 nitrogen and oxygen atoms in total. The minimum Gasteiger partial charge on any atom is -0.307 e. The first-order valence-electron chi connectivity index (χ1n) is 8.72. The molecule has 1 fully saturated rings. The molecule has 3 rings (SSSR count). The molecule has 0 N–H and O–H groups in total. The van der Waals surface area contributed by atoms with Crippen molar-refractivity contribution in [2.45, 2.75) is 51.2 Å². The van der Waals surface area contributed by atoms with E-state index in [1.807, 2.05) is 13.8 Å². The number of anilines is 1. The Morgan fingerprint density at radius 2 is 2.15 bits per heavy atom. The molecule has 0 radical (unpaired) electrons. The van der Waals surface area contributed by atoms with Crippen molar-refractivity contribution >= 4 is 11.6 Å². The number of rotatable bonds is 4. The van der Waals surface area contributed by atoms with E-state index in [2.05, 4.69) is 15.3 Å². The number of hydrogen-bond acceptors (Lipinski definition) is 5. The predicted octanol–water partition coefficient (Wildman–Crippen LogP) is 3.00. The summed E-state index contributed by atoms with van der Waals surface area (Å²) in [6.07, 6.45) is 6.11. The molecule has 2 aromatic heterocycles. The van der Waals surface area contributed by atoms with Crippen LogP contribution in [-0.2, 0) is 0 Å². The molecule has 0 saturated heterocycles. The van der Waals surface area contributed by atoms with Gasteiger partial charge in [-0.25, -0.2) is 4.39 Å². The summed E-state index contributed by atoms with van der Waals surface area (Å²) in [7, 11) is 0. The normalized spacial score (nSPS) is 22.6. The molecular formula is C18H21FN6O. The van der Waals surface area contributed by atoms with Gasteiger partial charge in [-0.05, 0) is 45.6 Å². The first-order chi connectivity index (χ1) is 12.5. The number of amides is 1. The maximum absolute atomic E-state index is 14.1. The molecule has 0 aliphatic heterocycles. The molecule has 1 amide bonds. The Balaban J connectivity index is 1.81. The Morgan fingerprint density at radius 1 is 1.42 bits per heavy atom. The molecule has 0 bridgehead atoms. The highest BCUT2D eigenvalue weighted by atomic mass is 19.1. The molecule has 1 saturated carbocycles. The van der Waals surface area contributed by atoms with Gasteiger partial charge >= 0.3 is 0 Å². The van der Waals surface area contributed by atoms with Crippen molar-refractivity contribution in [1.29, 1.82) is 5.26 Å². The zero-order valence-corrected chi connectivity index (χ0v) is 14.9. The zero-order chi connectivity index (χ0) is 18.7. The highest BCUT2D eigenvalue weighted by molar-refractivity contribution is 6.06. The van der Waals surface area contributed by atoms with Crippen LogP contribution < -0.4 is 4.90 Å². The summed E-state index contributed by atoms with van der Waals surface area (Å²) in [4.78, 5) is 14.6. The van der Waals surface area contributed by atoms with E-state index in [0.717, 1.165) is 5.69 Å². The summed E-state index contributed by atoms with van der Waals surface area (Å²) in [6, 6.07) is 3.50. The van der Waals surface area contributed by atoms with Gasteiger partial charge in [-0.15, -0.1) is 0 Å². The van der Waals surface area contributed by atoms with E-state index in [0.29, 0.717) is 30.6 Å². The van der Waals surface area contributed by atoms with Gasteiger partial charge in [-0.2, -0.15) is 20.6 Å². The third-order valence-corrected chi connectivity index (χ3v) is 5.01. The van der Waals surface area contributed by atoms with Crippen LogP contribution in [0.1, 0.15) is 54.7 Å². The summed E-state index contributed by atoms with van der Waals surface area (Å²) in [5, 5.41) is 20.9. The smallest absolute Gasteiger partial charge is 0.261 e. The van der Waals surface area contributed by atoms with Gasteiger partial charge in [-0.1, -0.05) is 0 Å². The number of halogens is 1. The number of hydrogen-bond donors (Lipinski definition) is 0. The fourth-order valence-electron chi connectivity index (χ4n) is 3.45. The van der Waals surface area contributed by atoms with Gasteiger partial charge in [0.25, 0.3) is 5.91 Å². The quantitative estimate of drug-likeness (QED) is 0.840. The predicted molar refractivity (Wildman–Crippen MR) is 93.3 cm³/mol. The number of carbonyl (C=O) groups excluding carboxylic acids is 1. The van der Waals surface area contributed by atoms with Crippen LogP contribution >= 0.6 is 0 Å². The van der Waals surface area contributed by atoms with E-state index < -0.39 is 5.67 Å². The van der Waals surface area contributed by atoms with Crippen molar-refractivity contribution < 1.29 is 9.18 Å². The number of aromatic nitrogens is 4. The summed E-state index contributed by atoms with van der Waals surface area (Å²) in [5.41, 5.74) is 0.210. The van der Waals surface area contributed by atoms with E-state index in [9.17, 15) is 9.18 Å². The molecule has 1 aliphatic rings. The van der Waals surface area contributed by atoms with Crippen LogP contribution in [0.15, 0.2) is 24.7 Å². The fraction of sp³-hybridized carbons (Fsp3) is 0.500. The molecule has 2 aromatic rings. The van der Waals surface area contributed by atoms with Crippen LogP contribution in [0.5, 0.6) is 0 Å². The molecule has 0 unspecified atom stereocenters. The second-order valence-electron chi connectivity index (χ2n) is 6.55. The minimum absolute atomic E-state index is 0.00597. The monoisotopic (exact) mass is 356 g/mol. The van der Waals surface area contributed by atoms with E-state index in [1.165, 1.54) is 0 Å². The lowest BCUT2D eigenvalue weighted by Gasteiger charge is -2.30. The highest BCUT2D eigenvalue weighted by Gasteiger charge is 2.37. The molecule has 1 aliphatic carbocycles. The maximum atomic E-state index is 14.1. The number of nitriles is 1. The van der Waals surface area contributed by atoms with Crippen molar-refractivity contribution in [2.75, 3.05) is 11.4 Å². The van der Waals surface area contributed by atoms with E-state index >= 15 is 0 Å². The van der Waals surface area contributed by atoms with Gasteiger partial charge < -0.3 is 4.90 Å². The van der Waals surface area contributed by atoms with Gasteiger partial charge in [0.05, 0.1) is 35.9 Å². The average Bonchev–Trinajstić information content (AvgIpc) is 3.05. The summed E-state index contributed by atoms with van der Waals surface area (Å²) < 4.78 is 15.9. The van der Waals surface area contributed by atoms with Gasteiger partial charge in [-0.3, -0.25) is 9.48 Å². The molecule has 0 aromatic carbocycles. The van der Waals surface area contributed by atoms with Gasteiger partial charge in [0.1, 0.15) is 6.07 Å². The summed E-state index contributed by atoms with van der Waals surface area (Å²) in [5.74, 6) is -0.156. The Labute approximate surface area is 151 Å². The standard InChI is InChI=1S/C18H21FN6O/c1-3-24(15-6-9-21-22-10-15)17(26)16-11-23-25(13(16)2)14-4-7-18(19,12-20)8-5-14/h6,9-11,14H,3-5,7-8H2,1-2H3. The lowest BCUT2D eigenvalue weighted by atomic mass is 9.84. The molecule has 8 heteroatoms. The molecule has 0 atom stereocenters. The molecule has 0 spiro atoms. The highest BCUT2D eigenvalue weighted by Crippen LogP contribution is 2.37. The van der Waals surface area contributed by atoms with Crippen LogP contribution in [0.3, 0.4) is 0 Å². The van der Waals surface area contributed by atoms with E-state index in [4.69, 9.17) is 5.26 Å². The first kappa shape index (κ1) is 18.0. The lowest BCUT2D eigenvalue weighted by molar-refractivity contribution is 0.0986. The topological polar surface area (TPSA) is 87.7 Å². The zero-order valence-electron chi connectivity index (χ0n) is 14.9. The van der Waals surface area contributed by atoms with Gasteiger partial charge in [0.15, 0.2) is 5.67 Å². The SMILES string of the molecule is CCN(C(=O)c1cnn(C2CCC(F)(C#N)CC2)c1C)c1ccnnc1. The van der Waals surface area contributed by atoms with Gasteiger partial charge in [0.2, 0.25) is 0 Å². The minimum atomic E-state index is -1.73. The number of carbonyl (C=O) groups is 1. The molecule has 26 heavy (non-hydrogen) atoms. The third-order valence-electron chi connectivity index (χ3n) is 5.01. The molecular weight excluding hydrogens is 335 g/mol. The Morgan fingerprint density at radius 3 is 2.73 bits per heavy atom. The van der Waals surface area contributed by atoms with Crippen molar-refractivity contribution in [3.8, 4) is 6.07 Å². The van der Waals surface area contributed by atoms with E-state index in [-0.39, 0.29) is 24.8 Å². The third kappa shape index (κ3) is 3.29.